The minimum Gasteiger partial charge on any atom is -0.337 e. The van der Waals surface area contributed by atoms with E-state index >= 15 is 0 Å². The van der Waals surface area contributed by atoms with Crippen molar-refractivity contribution in [1.82, 2.24) is 9.80 Å². The Balaban J connectivity index is 1.67. The smallest absolute Gasteiger partial charge is 0.256 e. The molecule has 2 aliphatic rings. The first kappa shape index (κ1) is 14.8. The average Bonchev–Trinajstić information content (AvgIpc) is 3.00. The highest BCUT2D eigenvalue weighted by Crippen LogP contribution is 2.23. The molecular weight excluding hydrogens is 291 g/mol. The van der Waals surface area contributed by atoms with E-state index in [2.05, 4.69) is 4.90 Å². The molecule has 0 aliphatic carbocycles. The Bertz CT molecular complexity index is 531. The van der Waals surface area contributed by atoms with Gasteiger partial charge in [0, 0.05) is 24.2 Å². The quantitative estimate of drug-likeness (QED) is 0.837. The highest BCUT2D eigenvalue weighted by atomic mass is 35.5. The molecule has 3 rings (SSSR count). The van der Waals surface area contributed by atoms with Crippen LogP contribution in [0.5, 0.6) is 0 Å². The van der Waals surface area contributed by atoms with E-state index in [1.807, 2.05) is 0 Å². The van der Waals surface area contributed by atoms with Gasteiger partial charge in [-0.15, -0.1) is 0 Å². The summed E-state index contributed by atoms with van der Waals surface area (Å²) in [6, 6.07) is 4.58. The van der Waals surface area contributed by atoms with Gasteiger partial charge in [-0.2, -0.15) is 0 Å². The SMILES string of the molecule is O=C(c1cc(Cl)ccc1F)N1CC[C@H](N2CCCCC2)C1. The predicted octanol–water partition coefficient (Wildman–Crippen LogP) is 3.18. The van der Waals surface area contributed by atoms with Crippen molar-refractivity contribution in [3.05, 3.63) is 34.6 Å². The van der Waals surface area contributed by atoms with E-state index in [0.717, 1.165) is 19.5 Å². The van der Waals surface area contributed by atoms with Gasteiger partial charge in [0.15, 0.2) is 0 Å². The lowest BCUT2D eigenvalue weighted by molar-refractivity contribution is 0.0767. The summed E-state index contributed by atoms with van der Waals surface area (Å²) in [5.74, 6) is -0.736. The van der Waals surface area contributed by atoms with Crippen molar-refractivity contribution in [3.63, 3.8) is 0 Å². The first-order chi connectivity index (χ1) is 10.1. The van der Waals surface area contributed by atoms with Crippen molar-refractivity contribution in [2.24, 2.45) is 0 Å². The van der Waals surface area contributed by atoms with Crippen LogP contribution >= 0.6 is 11.6 Å². The van der Waals surface area contributed by atoms with E-state index in [9.17, 15) is 9.18 Å². The molecule has 3 nitrogen and oxygen atoms in total. The van der Waals surface area contributed by atoms with Crippen LogP contribution in [0.2, 0.25) is 5.02 Å². The number of nitrogens with zero attached hydrogens (tertiary/aromatic N) is 2. The Kier molecular flexibility index (Phi) is 4.45. The van der Waals surface area contributed by atoms with Crippen LogP contribution in [0.1, 0.15) is 36.0 Å². The Hall–Kier alpha value is -1.13. The number of benzene rings is 1. The lowest BCUT2D eigenvalue weighted by atomic mass is 10.1. The maximum Gasteiger partial charge on any atom is 0.256 e. The zero-order valence-electron chi connectivity index (χ0n) is 12.0. The number of likely N-dealkylation sites (tertiary alicyclic amines) is 2. The molecule has 2 saturated heterocycles. The molecule has 2 fully saturated rings. The fourth-order valence-corrected chi connectivity index (χ4v) is 3.51. The van der Waals surface area contributed by atoms with E-state index in [1.165, 1.54) is 37.5 Å². The minimum atomic E-state index is -0.495. The number of carbonyl (C=O) groups is 1. The zero-order chi connectivity index (χ0) is 14.8. The van der Waals surface area contributed by atoms with Crippen molar-refractivity contribution < 1.29 is 9.18 Å². The molecule has 0 bridgehead atoms. The van der Waals surface area contributed by atoms with Crippen LogP contribution in [0, 0.1) is 5.82 Å². The van der Waals surface area contributed by atoms with Gasteiger partial charge in [-0.1, -0.05) is 18.0 Å². The molecule has 0 saturated carbocycles. The second kappa shape index (κ2) is 6.32. The van der Waals surface area contributed by atoms with E-state index in [0.29, 0.717) is 24.2 Å². The second-order valence-electron chi connectivity index (χ2n) is 5.91. The van der Waals surface area contributed by atoms with Gasteiger partial charge < -0.3 is 4.90 Å². The maximum atomic E-state index is 13.8. The third-order valence-corrected chi connectivity index (χ3v) is 4.75. The van der Waals surface area contributed by atoms with Crippen LogP contribution < -0.4 is 0 Å². The molecular formula is C16H20ClFN2O. The first-order valence-corrected chi connectivity index (χ1v) is 8.01. The predicted molar refractivity (Wildman–Crippen MR) is 81.1 cm³/mol. The molecule has 0 aromatic heterocycles. The number of halogens is 2. The second-order valence-corrected chi connectivity index (χ2v) is 6.35. The third kappa shape index (κ3) is 3.22. The number of hydrogen-bond acceptors (Lipinski definition) is 2. The Morgan fingerprint density at radius 3 is 2.71 bits per heavy atom. The van der Waals surface area contributed by atoms with Gasteiger partial charge in [-0.25, -0.2) is 4.39 Å². The van der Waals surface area contributed by atoms with Crippen LogP contribution in [0.15, 0.2) is 18.2 Å². The molecule has 2 aliphatic heterocycles. The van der Waals surface area contributed by atoms with Crippen LogP contribution in [0.25, 0.3) is 0 Å². The largest absolute Gasteiger partial charge is 0.337 e. The molecule has 1 aromatic carbocycles. The molecule has 1 atom stereocenters. The fraction of sp³-hybridized carbons (Fsp3) is 0.562. The van der Waals surface area contributed by atoms with Crippen molar-refractivity contribution >= 4 is 17.5 Å². The summed E-state index contributed by atoms with van der Waals surface area (Å²) in [7, 11) is 0. The Morgan fingerprint density at radius 1 is 1.19 bits per heavy atom. The summed E-state index contributed by atoms with van der Waals surface area (Å²) in [5, 5.41) is 0.395. The minimum absolute atomic E-state index is 0.0850. The standard InChI is InChI=1S/C16H20ClFN2O/c17-12-4-5-15(18)14(10-12)16(21)20-9-6-13(11-20)19-7-2-1-3-8-19/h4-5,10,13H,1-3,6-9,11H2/t13-/m0/s1. The van der Waals surface area contributed by atoms with Crippen LogP contribution in [0.3, 0.4) is 0 Å². The summed E-state index contributed by atoms with van der Waals surface area (Å²) >= 11 is 5.87. The summed E-state index contributed by atoms with van der Waals surface area (Å²) in [6.07, 6.45) is 4.77. The first-order valence-electron chi connectivity index (χ1n) is 7.63. The molecule has 0 spiro atoms. The van der Waals surface area contributed by atoms with Crippen molar-refractivity contribution in [2.45, 2.75) is 31.7 Å². The molecule has 2 heterocycles. The average molecular weight is 311 g/mol. The van der Waals surface area contributed by atoms with Crippen LogP contribution in [0.4, 0.5) is 4.39 Å². The number of amides is 1. The highest BCUT2D eigenvalue weighted by Gasteiger charge is 2.32. The molecule has 0 N–H and O–H groups in total. The summed E-state index contributed by atoms with van der Waals surface area (Å²) < 4.78 is 13.8. The van der Waals surface area contributed by atoms with Gasteiger partial charge >= 0.3 is 0 Å². The van der Waals surface area contributed by atoms with Crippen molar-refractivity contribution in [2.75, 3.05) is 26.2 Å². The summed E-state index contributed by atoms with van der Waals surface area (Å²) in [4.78, 5) is 16.7. The van der Waals surface area contributed by atoms with Crippen LogP contribution in [-0.4, -0.2) is 47.9 Å². The maximum absolute atomic E-state index is 13.8. The molecule has 1 amide bonds. The summed E-state index contributed by atoms with van der Waals surface area (Å²) in [6.45, 7) is 3.65. The molecule has 0 unspecified atom stereocenters. The Labute approximate surface area is 129 Å². The molecule has 0 radical (unpaired) electrons. The van der Waals surface area contributed by atoms with Gasteiger partial charge in [-0.05, 0) is 50.6 Å². The van der Waals surface area contributed by atoms with Gasteiger partial charge in [-0.3, -0.25) is 9.69 Å². The summed E-state index contributed by atoms with van der Waals surface area (Å²) in [5.41, 5.74) is 0.0850. The lowest BCUT2D eigenvalue weighted by Gasteiger charge is -2.32. The van der Waals surface area contributed by atoms with Crippen molar-refractivity contribution in [3.8, 4) is 0 Å². The number of piperidine rings is 1. The van der Waals surface area contributed by atoms with Gasteiger partial charge in [0.25, 0.3) is 5.91 Å². The third-order valence-electron chi connectivity index (χ3n) is 4.52. The topological polar surface area (TPSA) is 23.6 Å². The zero-order valence-corrected chi connectivity index (χ0v) is 12.8. The lowest BCUT2D eigenvalue weighted by Crippen LogP contribution is -2.41. The Morgan fingerprint density at radius 2 is 1.95 bits per heavy atom. The fourth-order valence-electron chi connectivity index (χ4n) is 3.34. The molecule has 1 aromatic rings. The van der Waals surface area contributed by atoms with Gasteiger partial charge in [0.2, 0.25) is 0 Å². The van der Waals surface area contributed by atoms with E-state index < -0.39 is 5.82 Å². The number of rotatable bonds is 2. The van der Waals surface area contributed by atoms with Gasteiger partial charge in [0.05, 0.1) is 5.56 Å². The molecule has 114 valence electrons. The van der Waals surface area contributed by atoms with E-state index in [-0.39, 0.29) is 11.5 Å². The highest BCUT2D eigenvalue weighted by molar-refractivity contribution is 6.31. The molecule has 5 heteroatoms. The normalized spacial score (nSPS) is 23.5. The monoisotopic (exact) mass is 310 g/mol. The van der Waals surface area contributed by atoms with Crippen LogP contribution in [-0.2, 0) is 0 Å². The number of hydrogen-bond donors (Lipinski definition) is 0. The van der Waals surface area contributed by atoms with E-state index in [1.54, 1.807) is 4.90 Å². The van der Waals surface area contributed by atoms with Crippen molar-refractivity contribution in [1.29, 1.82) is 0 Å². The van der Waals surface area contributed by atoms with E-state index in [4.69, 9.17) is 11.6 Å². The molecule has 21 heavy (non-hydrogen) atoms. The van der Waals surface area contributed by atoms with Gasteiger partial charge in [0.1, 0.15) is 5.82 Å². The number of carbonyl (C=O) groups excluding carboxylic acids is 1.